The molecule has 1 aromatic heterocycles. The van der Waals surface area contributed by atoms with Crippen molar-refractivity contribution in [3.63, 3.8) is 0 Å². The van der Waals surface area contributed by atoms with Crippen molar-refractivity contribution < 1.29 is 4.39 Å². The van der Waals surface area contributed by atoms with Gasteiger partial charge in [0.05, 0.1) is 10.7 Å². The van der Waals surface area contributed by atoms with Gasteiger partial charge in [-0.1, -0.05) is 0 Å². The van der Waals surface area contributed by atoms with Crippen LogP contribution >= 0.6 is 15.9 Å². The maximum atomic E-state index is 13.4. The number of nitrogens with zero attached hydrogens (tertiary/aromatic N) is 1. The number of rotatable bonds is 3. The van der Waals surface area contributed by atoms with Crippen LogP contribution in [0.2, 0.25) is 0 Å². The number of nitrogens with one attached hydrogen (secondary N) is 2. The Labute approximate surface area is 108 Å². The van der Waals surface area contributed by atoms with Crippen LogP contribution in [0.15, 0.2) is 22.8 Å². The lowest BCUT2D eigenvalue weighted by Crippen LogP contribution is -2.02. The highest BCUT2D eigenvalue weighted by Crippen LogP contribution is 2.24. The molecule has 0 amide bonds. The SMILES string of the molecule is Cc1cc(Br)c(F)cc1NCc1cn[nH]c1C. The second-order valence-electron chi connectivity index (χ2n) is 3.96. The lowest BCUT2D eigenvalue weighted by molar-refractivity contribution is 0.621. The summed E-state index contributed by atoms with van der Waals surface area (Å²) in [5, 5.41) is 10.0. The Kier molecular flexibility index (Phi) is 3.47. The van der Waals surface area contributed by atoms with E-state index in [1.807, 2.05) is 13.8 Å². The first-order chi connectivity index (χ1) is 8.08. The third-order valence-corrected chi connectivity index (χ3v) is 3.28. The Balaban J connectivity index is 2.14. The predicted octanol–water partition coefficient (Wildman–Crippen LogP) is 3.54. The molecule has 0 fully saturated rings. The smallest absolute Gasteiger partial charge is 0.139 e. The van der Waals surface area contributed by atoms with Crippen LogP contribution in [-0.2, 0) is 6.54 Å². The summed E-state index contributed by atoms with van der Waals surface area (Å²) < 4.78 is 13.9. The van der Waals surface area contributed by atoms with Crippen molar-refractivity contribution >= 4 is 21.6 Å². The van der Waals surface area contributed by atoms with Crippen LogP contribution in [0.5, 0.6) is 0 Å². The zero-order valence-corrected chi connectivity index (χ0v) is 11.2. The Hall–Kier alpha value is -1.36. The normalized spacial score (nSPS) is 10.6. The Morgan fingerprint density at radius 2 is 2.18 bits per heavy atom. The van der Waals surface area contributed by atoms with Gasteiger partial charge in [0, 0.05) is 23.5 Å². The van der Waals surface area contributed by atoms with Crippen molar-refractivity contribution in [1.29, 1.82) is 0 Å². The number of H-pyrrole nitrogens is 1. The summed E-state index contributed by atoms with van der Waals surface area (Å²) >= 11 is 3.16. The quantitative estimate of drug-likeness (QED) is 0.910. The maximum absolute atomic E-state index is 13.4. The molecule has 2 N–H and O–H groups in total. The van der Waals surface area contributed by atoms with Crippen LogP contribution in [0.1, 0.15) is 16.8 Å². The molecular weight excluding hydrogens is 285 g/mol. The topological polar surface area (TPSA) is 40.7 Å². The zero-order chi connectivity index (χ0) is 12.4. The second-order valence-corrected chi connectivity index (χ2v) is 4.81. The fourth-order valence-corrected chi connectivity index (χ4v) is 2.04. The number of aryl methyl sites for hydroxylation is 2. The van der Waals surface area contributed by atoms with Gasteiger partial charge in [-0.25, -0.2) is 4.39 Å². The summed E-state index contributed by atoms with van der Waals surface area (Å²) in [7, 11) is 0. The van der Waals surface area contributed by atoms with Crippen LogP contribution in [0, 0.1) is 19.7 Å². The number of halogens is 2. The van der Waals surface area contributed by atoms with Gasteiger partial charge in [-0.3, -0.25) is 5.10 Å². The molecule has 0 unspecified atom stereocenters. The van der Waals surface area contributed by atoms with Gasteiger partial charge in [0.2, 0.25) is 0 Å². The molecule has 0 aliphatic carbocycles. The molecule has 0 spiro atoms. The average molecular weight is 298 g/mol. The summed E-state index contributed by atoms with van der Waals surface area (Å²) in [6, 6.07) is 3.26. The highest BCUT2D eigenvalue weighted by molar-refractivity contribution is 9.10. The molecule has 3 nitrogen and oxygen atoms in total. The van der Waals surface area contributed by atoms with Crippen molar-refractivity contribution in [2.75, 3.05) is 5.32 Å². The lowest BCUT2D eigenvalue weighted by atomic mass is 10.2. The molecule has 0 saturated heterocycles. The van der Waals surface area contributed by atoms with E-state index in [0.717, 1.165) is 22.5 Å². The van der Waals surface area contributed by atoms with Crippen molar-refractivity contribution in [2.45, 2.75) is 20.4 Å². The van der Waals surface area contributed by atoms with Crippen molar-refractivity contribution in [3.8, 4) is 0 Å². The van der Waals surface area contributed by atoms with Gasteiger partial charge in [-0.2, -0.15) is 5.10 Å². The van der Waals surface area contributed by atoms with E-state index in [9.17, 15) is 4.39 Å². The second kappa shape index (κ2) is 4.87. The minimum atomic E-state index is -0.262. The van der Waals surface area contributed by atoms with E-state index in [2.05, 4.69) is 31.4 Å². The van der Waals surface area contributed by atoms with Gasteiger partial charge < -0.3 is 5.32 Å². The van der Waals surface area contributed by atoms with Crippen LogP contribution in [-0.4, -0.2) is 10.2 Å². The van der Waals surface area contributed by atoms with Crippen molar-refractivity contribution in [1.82, 2.24) is 10.2 Å². The maximum Gasteiger partial charge on any atom is 0.139 e. The molecule has 0 aliphatic rings. The molecule has 0 saturated carbocycles. The number of aromatic amines is 1. The van der Waals surface area contributed by atoms with E-state index in [4.69, 9.17) is 0 Å². The van der Waals surface area contributed by atoms with Gasteiger partial charge in [-0.15, -0.1) is 0 Å². The highest BCUT2D eigenvalue weighted by atomic mass is 79.9. The molecule has 0 atom stereocenters. The van der Waals surface area contributed by atoms with Crippen molar-refractivity contribution in [3.05, 3.63) is 45.4 Å². The van der Waals surface area contributed by atoms with E-state index < -0.39 is 0 Å². The number of hydrogen-bond donors (Lipinski definition) is 2. The minimum Gasteiger partial charge on any atom is -0.381 e. The van der Waals surface area contributed by atoms with E-state index in [1.165, 1.54) is 6.07 Å². The number of aromatic nitrogens is 2. The Bertz CT molecular complexity index is 537. The summed E-state index contributed by atoms with van der Waals surface area (Å²) in [6.07, 6.45) is 1.77. The Morgan fingerprint density at radius 1 is 1.41 bits per heavy atom. The van der Waals surface area contributed by atoms with Crippen LogP contribution in [0.4, 0.5) is 10.1 Å². The fourth-order valence-electron chi connectivity index (χ4n) is 1.58. The molecular formula is C12H13BrFN3. The molecule has 0 bridgehead atoms. The van der Waals surface area contributed by atoms with E-state index in [0.29, 0.717) is 11.0 Å². The molecule has 5 heteroatoms. The van der Waals surface area contributed by atoms with Gasteiger partial charge in [0.25, 0.3) is 0 Å². The fraction of sp³-hybridized carbons (Fsp3) is 0.250. The summed E-state index contributed by atoms with van der Waals surface area (Å²) in [5.74, 6) is -0.262. The molecule has 0 radical (unpaired) electrons. The standard InChI is InChI=1S/C12H13BrFN3/c1-7-3-10(13)11(14)4-12(7)15-5-9-6-16-17-8(9)2/h3-4,6,15H,5H2,1-2H3,(H,16,17). The molecule has 90 valence electrons. The third-order valence-electron chi connectivity index (χ3n) is 2.67. The van der Waals surface area contributed by atoms with Gasteiger partial charge in [-0.05, 0) is 47.5 Å². The minimum absolute atomic E-state index is 0.262. The monoisotopic (exact) mass is 297 g/mol. The lowest BCUT2D eigenvalue weighted by Gasteiger charge is -2.10. The molecule has 2 rings (SSSR count). The van der Waals surface area contributed by atoms with Crippen molar-refractivity contribution in [2.24, 2.45) is 0 Å². The Morgan fingerprint density at radius 3 is 2.82 bits per heavy atom. The third kappa shape index (κ3) is 2.66. The summed E-state index contributed by atoms with van der Waals surface area (Å²) in [5.41, 5.74) is 3.89. The van der Waals surface area contributed by atoms with Gasteiger partial charge in [0.15, 0.2) is 0 Å². The molecule has 1 aromatic carbocycles. The van der Waals surface area contributed by atoms with Crippen LogP contribution < -0.4 is 5.32 Å². The molecule has 2 aromatic rings. The van der Waals surface area contributed by atoms with Gasteiger partial charge in [0.1, 0.15) is 5.82 Å². The molecule has 17 heavy (non-hydrogen) atoms. The highest BCUT2D eigenvalue weighted by Gasteiger charge is 2.06. The largest absolute Gasteiger partial charge is 0.381 e. The first-order valence-electron chi connectivity index (χ1n) is 5.26. The van der Waals surface area contributed by atoms with Gasteiger partial charge >= 0.3 is 0 Å². The number of benzene rings is 1. The number of hydrogen-bond acceptors (Lipinski definition) is 2. The van der Waals surface area contributed by atoms with Crippen LogP contribution in [0.3, 0.4) is 0 Å². The first-order valence-corrected chi connectivity index (χ1v) is 6.05. The predicted molar refractivity (Wildman–Crippen MR) is 69.5 cm³/mol. The van der Waals surface area contributed by atoms with E-state index in [1.54, 1.807) is 12.3 Å². The summed E-state index contributed by atoms with van der Waals surface area (Å²) in [6.45, 7) is 4.53. The first kappa shape index (κ1) is 12.1. The number of anilines is 1. The van der Waals surface area contributed by atoms with E-state index >= 15 is 0 Å². The van der Waals surface area contributed by atoms with Crippen LogP contribution in [0.25, 0.3) is 0 Å². The molecule has 1 heterocycles. The average Bonchev–Trinajstić information content (AvgIpc) is 2.68. The molecule has 0 aliphatic heterocycles. The summed E-state index contributed by atoms with van der Waals surface area (Å²) in [4.78, 5) is 0. The zero-order valence-electron chi connectivity index (χ0n) is 9.64. The van der Waals surface area contributed by atoms with E-state index in [-0.39, 0.29) is 5.82 Å².